The van der Waals surface area contributed by atoms with Crippen molar-refractivity contribution in [2.75, 3.05) is 38.1 Å². The predicted octanol–water partition coefficient (Wildman–Crippen LogP) is 3.55. The Bertz CT molecular complexity index is 843. The molecule has 1 N–H and O–H groups in total. The molecule has 7 nitrogen and oxygen atoms in total. The molecule has 0 radical (unpaired) electrons. The average Bonchev–Trinajstić information content (AvgIpc) is 2.77. The number of carbonyl (C=O) groups is 2. The van der Waals surface area contributed by atoms with Crippen LogP contribution in [-0.2, 0) is 15.1 Å². The number of rotatable bonds is 2. The van der Waals surface area contributed by atoms with Gasteiger partial charge in [-0.15, -0.1) is 5.92 Å². The number of hydrogen-bond acceptors (Lipinski definition) is 5. The molecule has 1 aromatic carbocycles. The zero-order valence-electron chi connectivity index (χ0n) is 17.5. The molecule has 0 atom stereocenters. The number of nitrogens with one attached hydrogen (secondary N) is 1. The first-order valence-electron chi connectivity index (χ1n) is 10.8. The van der Waals surface area contributed by atoms with Crippen LogP contribution in [0, 0.1) is 11.8 Å². The molecule has 2 saturated heterocycles. The average molecular weight is 412 g/mol. The fourth-order valence-corrected chi connectivity index (χ4v) is 4.76. The van der Waals surface area contributed by atoms with E-state index in [1.54, 1.807) is 4.90 Å². The first-order valence-corrected chi connectivity index (χ1v) is 10.8. The van der Waals surface area contributed by atoms with Gasteiger partial charge in [0.25, 0.3) is 0 Å². The molecule has 160 valence electrons. The molecule has 2 fully saturated rings. The molecule has 0 saturated carbocycles. The second kappa shape index (κ2) is 8.97. The number of benzene rings is 1. The summed E-state index contributed by atoms with van der Waals surface area (Å²) in [5, 5.41) is 2.81. The molecule has 4 rings (SSSR count). The Hall–Kier alpha value is -2.72. The minimum absolute atomic E-state index is 0.163. The maximum atomic E-state index is 12.2. The molecule has 3 aliphatic heterocycles. The van der Waals surface area contributed by atoms with Crippen molar-refractivity contribution in [2.24, 2.45) is 0 Å². The monoisotopic (exact) mass is 411 g/mol. The standard InChI is InChI=1S/C23H29N3O4/c1-2-3-6-17-29-22(28)26-13-9-18(10-14-26)25-15-11-23(12-16-25)19-7-4-5-8-20(19)24-21(27)30-23/h4-5,7-8,18H,2,9-17H2,1H3,(H,24,27). The molecule has 0 aromatic heterocycles. The number of para-hydroxylation sites is 1. The van der Waals surface area contributed by atoms with E-state index in [0.29, 0.717) is 19.1 Å². The molecule has 0 unspecified atom stereocenters. The van der Waals surface area contributed by atoms with E-state index in [1.807, 2.05) is 25.1 Å². The van der Waals surface area contributed by atoms with Crippen molar-refractivity contribution < 1.29 is 19.1 Å². The SMILES string of the molecule is CCC#CCOC(=O)N1CCC(N2CCC3(CC2)OC(=O)Nc2ccccc23)CC1. The summed E-state index contributed by atoms with van der Waals surface area (Å²) in [6, 6.07) is 8.36. The van der Waals surface area contributed by atoms with Crippen molar-refractivity contribution in [3.8, 4) is 11.8 Å². The van der Waals surface area contributed by atoms with Crippen LogP contribution in [0.15, 0.2) is 24.3 Å². The quantitative estimate of drug-likeness (QED) is 0.754. The summed E-state index contributed by atoms with van der Waals surface area (Å²) in [4.78, 5) is 28.5. The summed E-state index contributed by atoms with van der Waals surface area (Å²) in [5.74, 6) is 5.74. The Balaban J connectivity index is 1.30. The van der Waals surface area contributed by atoms with E-state index in [4.69, 9.17) is 9.47 Å². The lowest BCUT2D eigenvalue weighted by atomic mass is 9.81. The summed E-state index contributed by atoms with van der Waals surface area (Å²) in [5.41, 5.74) is 1.41. The van der Waals surface area contributed by atoms with E-state index in [9.17, 15) is 9.59 Å². The van der Waals surface area contributed by atoms with E-state index in [1.165, 1.54) is 0 Å². The predicted molar refractivity (Wildman–Crippen MR) is 113 cm³/mol. The van der Waals surface area contributed by atoms with Crippen LogP contribution in [-0.4, -0.2) is 60.8 Å². The van der Waals surface area contributed by atoms with Gasteiger partial charge in [-0.2, -0.15) is 0 Å². The Morgan fingerprint density at radius 3 is 2.67 bits per heavy atom. The first kappa shape index (κ1) is 20.5. The van der Waals surface area contributed by atoms with Gasteiger partial charge in [0, 0.05) is 57.0 Å². The van der Waals surface area contributed by atoms with Crippen LogP contribution in [0.5, 0.6) is 0 Å². The topological polar surface area (TPSA) is 71.1 Å². The number of piperidine rings is 2. The van der Waals surface area contributed by atoms with E-state index >= 15 is 0 Å². The molecule has 1 aromatic rings. The van der Waals surface area contributed by atoms with E-state index in [0.717, 1.165) is 56.4 Å². The molecule has 0 aliphatic carbocycles. The van der Waals surface area contributed by atoms with Crippen LogP contribution in [0.4, 0.5) is 15.3 Å². The fraction of sp³-hybridized carbons (Fsp3) is 0.565. The zero-order chi connectivity index (χ0) is 21.0. The third-order valence-electron chi connectivity index (χ3n) is 6.36. The van der Waals surface area contributed by atoms with E-state index in [2.05, 4.69) is 28.1 Å². The number of ether oxygens (including phenoxy) is 2. The number of nitrogens with zero attached hydrogens (tertiary/aromatic N) is 2. The van der Waals surface area contributed by atoms with Crippen molar-refractivity contribution in [3.05, 3.63) is 29.8 Å². The maximum absolute atomic E-state index is 12.2. The normalized spacial score (nSPS) is 21.1. The number of fused-ring (bicyclic) bond motifs is 2. The van der Waals surface area contributed by atoms with Gasteiger partial charge in [0.05, 0.1) is 5.69 Å². The van der Waals surface area contributed by atoms with E-state index in [-0.39, 0.29) is 18.8 Å². The van der Waals surface area contributed by atoms with Crippen LogP contribution in [0.2, 0.25) is 0 Å². The van der Waals surface area contributed by atoms with Crippen LogP contribution in [0.1, 0.15) is 44.6 Å². The highest BCUT2D eigenvalue weighted by molar-refractivity contribution is 5.88. The number of hydrogen-bond donors (Lipinski definition) is 1. The van der Waals surface area contributed by atoms with Crippen LogP contribution in [0.25, 0.3) is 0 Å². The fourth-order valence-electron chi connectivity index (χ4n) is 4.76. The number of carbonyl (C=O) groups excluding carboxylic acids is 2. The van der Waals surface area contributed by atoms with Gasteiger partial charge in [-0.3, -0.25) is 10.2 Å². The molecule has 30 heavy (non-hydrogen) atoms. The highest BCUT2D eigenvalue weighted by Crippen LogP contribution is 2.43. The van der Waals surface area contributed by atoms with Gasteiger partial charge in [0.15, 0.2) is 6.61 Å². The largest absolute Gasteiger partial charge is 0.438 e. The summed E-state index contributed by atoms with van der Waals surface area (Å²) >= 11 is 0. The van der Waals surface area contributed by atoms with Crippen LogP contribution < -0.4 is 5.32 Å². The lowest BCUT2D eigenvalue weighted by Crippen LogP contribution is -2.53. The number of amides is 2. The van der Waals surface area contributed by atoms with Crippen LogP contribution >= 0.6 is 0 Å². The van der Waals surface area contributed by atoms with E-state index < -0.39 is 5.60 Å². The highest BCUT2D eigenvalue weighted by atomic mass is 16.6. The molecule has 2 amide bonds. The molecular weight excluding hydrogens is 382 g/mol. The maximum Gasteiger partial charge on any atom is 0.412 e. The van der Waals surface area contributed by atoms with Gasteiger partial charge in [0.1, 0.15) is 5.60 Å². The summed E-state index contributed by atoms with van der Waals surface area (Å²) in [6.07, 6.45) is 3.57. The summed E-state index contributed by atoms with van der Waals surface area (Å²) < 4.78 is 11.1. The minimum atomic E-state index is -0.528. The second-order valence-corrected chi connectivity index (χ2v) is 8.07. The van der Waals surface area contributed by atoms with Crippen molar-refractivity contribution in [1.82, 2.24) is 9.80 Å². The van der Waals surface area contributed by atoms with Crippen molar-refractivity contribution in [3.63, 3.8) is 0 Å². The van der Waals surface area contributed by atoms with Gasteiger partial charge < -0.3 is 14.4 Å². The summed E-state index contributed by atoms with van der Waals surface area (Å²) in [7, 11) is 0. The van der Waals surface area contributed by atoms with Gasteiger partial charge in [0.2, 0.25) is 0 Å². The van der Waals surface area contributed by atoms with Gasteiger partial charge >= 0.3 is 12.2 Å². The van der Waals surface area contributed by atoms with Crippen LogP contribution in [0.3, 0.4) is 0 Å². The molecule has 3 heterocycles. The van der Waals surface area contributed by atoms with Gasteiger partial charge in [-0.25, -0.2) is 9.59 Å². The van der Waals surface area contributed by atoms with Gasteiger partial charge in [-0.1, -0.05) is 31.0 Å². The lowest BCUT2D eigenvalue weighted by molar-refractivity contribution is -0.0503. The Morgan fingerprint density at radius 2 is 1.93 bits per heavy atom. The smallest absolute Gasteiger partial charge is 0.412 e. The zero-order valence-corrected chi connectivity index (χ0v) is 17.5. The van der Waals surface area contributed by atoms with Crippen molar-refractivity contribution in [2.45, 2.75) is 50.7 Å². The molecule has 7 heteroatoms. The molecule has 1 spiro atoms. The molecule has 3 aliphatic rings. The minimum Gasteiger partial charge on any atom is -0.438 e. The third-order valence-corrected chi connectivity index (χ3v) is 6.36. The first-order chi connectivity index (χ1) is 14.6. The number of likely N-dealkylation sites (tertiary alicyclic amines) is 2. The Kier molecular flexibility index (Phi) is 6.14. The Labute approximate surface area is 177 Å². The molecule has 0 bridgehead atoms. The van der Waals surface area contributed by atoms with Crippen molar-refractivity contribution in [1.29, 1.82) is 0 Å². The molecular formula is C23H29N3O4. The number of anilines is 1. The van der Waals surface area contributed by atoms with Crippen molar-refractivity contribution >= 4 is 17.9 Å². The second-order valence-electron chi connectivity index (χ2n) is 8.07. The lowest BCUT2D eigenvalue weighted by Gasteiger charge is -2.47. The van der Waals surface area contributed by atoms with Gasteiger partial charge in [-0.05, 0) is 18.9 Å². The summed E-state index contributed by atoms with van der Waals surface area (Å²) in [6.45, 7) is 5.29. The third kappa shape index (κ3) is 4.24. The Morgan fingerprint density at radius 1 is 1.20 bits per heavy atom. The highest BCUT2D eigenvalue weighted by Gasteiger charge is 2.45.